The minimum Gasteiger partial charge on any atom is -0.356 e. The number of carbonyl (C=O) groups is 1. The van der Waals surface area contributed by atoms with Crippen molar-refractivity contribution < 1.29 is 4.79 Å². The average Bonchev–Trinajstić information content (AvgIpc) is 2.94. The molecule has 0 aromatic carbocycles. The van der Waals surface area contributed by atoms with Crippen LogP contribution in [0.3, 0.4) is 0 Å². The Bertz CT molecular complexity index is 456. The van der Waals surface area contributed by atoms with E-state index < -0.39 is 6.04 Å². The molecule has 0 spiro atoms. The minimum absolute atomic E-state index is 0. The Kier molecular flexibility index (Phi) is 9.68. The highest BCUT2D eigenvalue weighted by molar-refractivity contribution is 5.85. The molecule has 8 nitrogen and oxygen atoms in total. The zero-order valence-corrected chi connectivity index (χ0v) is 13.2. The van der Waals surface area contributed by atoms with E-state index in [1.807, 2.05) is 0 Å². The summed E-state index contributed by atoms with van der Waals surface area (Å²) in [5.41, 5.74) is 5.89. The van der Waals surface area contributed by atoms with Gasteiger partial charge in [-0.25, -0.2) is 0 Å². The number of halogens is 1. The zero-order valence-electron chi connectivity index (χ0n) is 12.3. The lowest BCUT2D eigenvalue weighted by molar-refractivity contribution is -0.132. The second-order valence-corrected chi connectivity index (χ2v) is 4.96. The third-order valence-corrected chi connectivity index (χ3v) is 3.43. The summed E-state index contributed by atoms with van der Waals surface area (Å²) >= 11 is 0. The van der Waals surface area contributed by atoms with Crippen LogP contribution in [0, 0.1) is 28.2 Å². The van der Waals surface area contributed by atoms with Crippen LogP contribution in [-0.4, -0.2) is 41.9 Å². The standard InChI is InChI=1S/C13H21N7O.ClH/c14-8-10-4-3-7-20(10)12(21)11(16)5-1-2-6-18-13(17)19-9-15;/h10-11H,1-7,16H2,(H3,17,18,19);1H/t10-,11-;/m0./s1. The molecule has 1 saturated heterocycles. The molecular formula is C13H22ClN7O. The predicted octanol–water partition coefficient (Wildman–Crippen LogP) is 0.0154. The predicted molar refractivity (Wildman–Crippen MR) is 83.9 cm³/mol. The van der Waals surface area contributed by atoms with Gasteiger partial charge >= 0.3 is 0 Å². The fourth-order valence-electron chi connectivity index (χ4n) is 2.30. The van der Waals surface area contributed by atoms with Crippen molar-refractivity contribution in [1.29, 1.82) is 15.9 Å². The third-order valence-electron chi connectivity index (χ3n) is 3.43. The van der Waals surface area contributed by atoms with Gasteiger partial charge in [0.25, 0.3) is 0 Å². The molecule has 1 heterocycles. The summed E-state index contributed by atoms with van der Waals surface area (Å²) < 4.78 is 0. The minimum atomic E-state index is -0.573. The molecule has 1 rings (SSSR count). The van der Waals surface area contributed by atoms with Gasteiger partial charge in [0.1, 0.15) is 6.04 Å². The van der Waals surface area contributed by atoms with Crippen LogP contribution in [0.4, 0.5) is 0 Å². The van der Waals surface area contributed by atoms with Crippen molar-refractivity contribution in [3.8, 4) is 12.3 Å². The SMILES string of the molecule is Cl.N#CNC(=N)NCCCC[C@H](N)C(=O)N1CCC[C@H]1C#N. The van der Waals surface area contributed by atoms with Crippen LogP contribution in [0.2, 0.25) is 0 Å². The molecule has 2 atom stereocenters. The van der Waals surface area contributed by atoms with Crippen LogP contribution in [-0.2, 0) is 4.79 Å². The van der Waals surface area contributed by atoms with Crippen LogP contribution in [0.5, 0.6) is 0 Å². The lowest BCUT2D eigenvalue weighted by atomic mass is 10.1. The molecule has 0 aromatic rings. The van der Waals surface area contributed by atoms with Crippen LogP contribution in [0.1, 0.15) is 32.1 Å². The van der Waals surface area contributed by atoms with Gasteiger partial charge in [-0.2, -0.15) is 10.5 Å². The van der Waals surface area contributed by atoms with Gasteiger partial charge in [0, 0.05) is 13.1 Å². The number of likely N-dealkylation sites (tertiary alicyclic amines) is 1. The second-order valence-electron chi connectivity index (χ2n) is 4.96. The van der Waals surface area contributed by atoms with Gasteiger partial charge in [-0.15, -0.1) is 12.4 Å². The Labute approximate surface area is 136 Å². The van der Waals surface area contributed by atoms with E-state index in [1.165, 1.54) is 0 Å². The number of unbranched alkanes of at least 4 members (excludes halogenated alkanes) is 1. The van der Waals surface area contributed by atoms with Gasteiger partial charge in [0.15, 0.2) is 6.19 Å². The summed E-state index contributed by atoms with van der Waals surface area (Å²) in [6.45, 7) is 1.16. The normalized spacial score (nSPS) is 17.6. The number of nitrogens with zero attached hydrogens (tertiary/aromatic N) is 3. The topological polar surface area (TPSA) is 142 Å². The van der Waals surface area contributed by atoms with Crippen molar-refractivity contribution in [1.82, 2.24) is 15.5 Å². The fourth-order valence-corrected chi connectivity index (χ4v) is 2.30. The number of rotatable bonds is 6. The smallest absolute Gasteiger partial charge is 0.240 e. The number of hydrogen-bond donors (Lipinski definition) is 4. The highest BCUT2D eigenvalue weighted by atomic mass is 35.5. The molecule has 122 valence electrons. The average molecular weight is 328 g/mol. The summed E-state index contributed by atoms with van der Waals surface area (Å²) in [6.07, 6.45) is 5.27. The first-order valence-electron chi connectivity index (χ1n) is 7.03. The molecule has 0 bridgehead atoms. The maximum absolute atomic E-state index is 12.1. The van der Waals surface area contributed by atoms with E-state index in [4.69, 9.17) is 21.7 Å². The molecule has 1 fully saturated rings. The molecule has 1 aliphatic heterocycles. The monoisotopic (exact) mass is 327 g/mol. The Hall–Kier alpha value is -2.03. The number of nitrogens with one attached hydrogen (secondary N) is 3. The van der Waals surface area contributed by atoms with Crippen molar-refractivity contribution >= 4 is 24.3 Å². The fraction of sp³-hybridized carbons (Fsp3) is 0.692. The second kappa shape index (κ2) is 10.7. The Morgan fingerprint density at radius 2 is 2.18 bits per heavy atom. The van der Waals surface area contributed by atoms with Gasteiger partial charge in [0.2, 0.25) is 11.9 Å². The van der Waals surface area contributed by atoms with Crippen molar-refractivity contribution in [3.63, 3.8) is 0 Å². The van der Waals surface area contributed by atoms with E-state index in [2.05, 4.69) is 16.7 Å². The summed E-state index contributed by atoms with van der Waals surface area (Å²) in [6, 6.07) is 1.23. The molecule has 0 aliphatic carbocycles. The molecule has 22 heavy (non-hydrogen) atoms. The zero-order chi connectivity index (χ0) is 15.7. The molecule has 0 unspecified atom stereocenters. The van der Waals surface area contributed by atoms with Crippen molar-refractivity contribution in [2.24, 2.45) is 5.73 Å². The first-order valence-corrected chi connectivity index (χ1v) is 7.03. The molecule has 0 aromatic heterocycles. The van der Waals surface area contributed by atoms with Crippen molar-refractivity contribution in [3.05, 3.63) is 0 Å². The molecule has 1 aliphatic rings. The van der Waals surface area contributed by atoms with Crippen LogP contribution >= 0.6 is 12.4 Å². The molecule has 1 amide bonds. The summed E-state index contributed by atoms with van der Waals surface area (Å²) in [4.78, 5) is 13.7. The van der Waals surface area contributed by atoms with Gasteiger partial charge in [-0.05, 0) is 32.1 Å². The Morgan fingerprint density at radius 1 is 1.45 bits per heavy atom. The van der Waals surface area contributed by atoms with Gasteiger partial charge < -0.3 is 16.0 Å². The largest absolute Gasteiger partial charge is 0.356 e. The Morgan fingerprint density at radius 3 is 2.82 bits per heavy atom. The maximum Gasteiger partial charge on any atom is 0.240 e. The lowest BCUT2D eigenvalue weighted by Crippen LogP contribution is -2.45. The molecule has 0 saturated carbocycles. The third kappa shape index (κ3) is 6.17. The number of nitrogens with two attached hydrogens (primary N) is 1. The first kappa shape index (κ1) is 20.0. The lowest BCUT2D eigenvalue weighted by Gasteiger charge is -2.23. The molecular weight excluding hydrogens is 306 g/mol. The van der Waals surface area contributed by atoms with E-state index in [1.54, 1.807) is 11.1 Å². The first-order chi connectivity index (χ1) is 10.1. The number of hydrogen-bond acceptors (Lipinski definition) is 5. The number of nitriles is 2. The summed E-state index contributed by atoms with van der Waals surface area (Å²) in [5, 5.41) is 29.4. The van der Waals surface area contributed by atoms with E-state index in [0.29, 0.717) is 19.5 Å². The van der Waals surface area contributed by atoms with E-state index >= 15 is 0 Å². The van der Waals surface area contributed by atoms with Crippen LogP contribution in [0.25, 0.3) is 0 Å². The molecule has 9 heteroatoms. The maximum atomic E-state index is 12.1. The quantitative estimate of drug-likeness (QED) is 0.178. The highest BCUT2D eigenvalue weighted by Crippen LogP contribution is 2.18. The van der Waals surface area contributed by atoms with Crippen LogP contribution < -0.4 is 16.4 Å². The van der Waals surface area contributed by atoms with Gasteiger partial charge in [0.05, 0.1) is 12.1 Å². The highest BCUT2D eigenvalue weighted by Gasteiger charge is 2.31. The number of guanidine groups is 1. The van der Waals surface area contributed by atoms with E-state index in [-0.39, 0.29) is 30.3 Å². The van der Waals surface area contributed by atoms with E-state index in [0.717, 1.165) is 25.7 Å². The van der Waals surface area contributed by atoms with Crippen molar-refractivity contribution in [2.45, 2.75) is 44.2 Å². The molecule has 0 radical (unpaired) electrons. The van der Waals surface area contributed by atoms with Crippen molar-refractivity contribution in [2.75, 3.05) is 13.1 Å². The van der Waals surface area contributed by atoms with Gasteiger partial charge in [-0.1, -0.05) is 0 Å². The Balaban J connectivity index is 0.00000441. The van der Waals surface area contributed by atoms with E-state index in [9.17, 15) is 4.79 Å². The van der Waals surface area contributed by atoms with Gasteiger partial charge in [-0.3, -0.25) is 15.5 Å². The molecule has 5 N–H and O–H groups in total. The number of amides is 1. The van der Waals surface area contributed by atoms with Crippen LogP contribution in [0.15, 0.2) is 0 Å². The summed E-state index contributed by atoms with van der Waals surface area (Å²) in [7, 11) is 0. The number of carbonyl (C=O) groups excluding carboxylic acids is 1. The summed E-state index contributed by atoms with van der Waals surface area (Å²) in [5.74, 6) is -0.183.